The van der Waals surface area contributed by atoms with Gasteiger partial charge in [-0.15, -0.1) is 12.4 Å². The molecule has 25 heavy (non-hydrogen) atoms. The molecule has 0 unspecified atom stereocenters. The molecule has 0 saturated heterocycles. The van der Waals surface area contributed by atoms with Crippen LogP contribution in [0.3, 0.4) is 0 Å². The fourth-order valence-corrected chi connectivity index (χ4v) is 4.39. The number of fused-ring (bicyclic) bond motifs is 2. The number of carbonyl (C=O) groups excluding carboxylic acids is 1. The standard InChI is InChI=1S/C19H25FN2O2.ClH/c1-22-17(23)19-8-6-18(13-19,7-9-19)15-2-4-16(5-3-15)24-12-14(10-20)11-21;/h2-5,10H,6-9,11-13,21H2,1H3,(H,22,23);1H. The first-order valence-electron chi connectivity index (χ1n) is 8.51. The summed E-state index contributed by atoms with van der Waals surface area (Å²) in [5.41, 5.74) is 7.07. The van der Waals surface area contributed by atoms with Gasteiger partial charge < -0.3 is 15.8 Å². The Labute approximate surface area is 154 Å². The lowest BCUT2D eigenvalue weighted by Crippen LogP contribution is -2.35. The van der Waals surface area contributed by atoms with Crippen LogP contribution in [0.25, 0.3) is 0 Å². The fraction of sp³-hybridized carbons (Fsp3) is 0.526. The molecule has 1 aromatic rings. The maximum atomic E-state index is 12.5. The van der Waals surface area contributed by atoms with E-state index < -0.39 is 0 Å². The summed E-state index contributed by atoms with van der Waals surface area (Å²) in [5, 5.41) is 2.84. The minimum absolute atomic E-state index is 0. The molecule has 3 N–H and O–H groups in total. The number of nitrogens with two attached hydrogens (primary N) is 1. The Morgan fingerprint density at radius 2 is 1.92 bits per heavy atom. The van der Waals surface area contributed by atoms with Crippen LogP contribution in [0.2, 0.25) is 0 Å². The maximum absolute atomic E-state index is 12.5. The highest BCUT2D eigenvalue weighted by molar-refractivity contribution is 5.85. The Morgan fingerprint density at radius 1 is 1.28 bits per heavy atom. The predicted octanol–water partition coefficient (Wildman–Crippen LogP) is 3.25. The maximum Gasteiger partial charge on any atom is 0.225 e. The summed E-state index contributed by atoms with van der Waals surface area (Å²) in [6, 6.07) is 8.02. The minimum Gasteiger partial charge on any atom is -0.489 e. The summed E-state index contributed by atoms with van der Waals surface area (Å²) >= 11 is 0. The highest BCUT2D eigenvalue weighted by Gasteiger charge is 2.58. The second-order valence-electron chi connectivity index (χ2n) is 7.10. The molecule has 4 nitrogen and oxygen atoms in total. The molecule has 3 rings (SSSR count). The average molecular weight is 369 g/mol. The van der Waals surface area contributed by atoms with Gasteiger partial charge in [-0.05, 0) is 55.2 Å². The fourth-order valence-electron chi connectivity index (χ4n) is 4.39. The zero-order valence-corrected chi connectivity index (χ0v) is 15.3. The lowest BCUT2D eigenvalue weighted by atomic mass is 9.77. The molecule has 2 bridgehead atoms. The second kappa shape index (κ2) is 7.75. The molecule has 1 aromatic carbocycles. The number of hydrogen-bond acceptors (Lipinski definition) is 3. The molecule has 2 saturated carbocycles. The summed E-state index contributed by atoms with van der Waals surface area (Å²) in [7, 11) is 1.73. The minimum atomic E-state index is -0.175. The van der Waals surface area contributed by atoms with Gasteiger partial charge in [-0.1, -0.05) is 12.1 Å². The van der Waals surface area contributed by atoms with Crippen LogP contribution in [0.4, 0.5) is 4.39 Å². The molecule has 6 heteroatoms. The van der Waals surface area contributed by atoms with Crippen LogP contribution in [0.15, 0.2) is 36.2 Å². The smallest absolute Gasteiger partial charge is 0.225 e. The van der Waals surface area contributed by atoms with Crippen LogP contribution in [0.1, 0.15) is 37.7 Å². The van der Waals surface area contributed by atoms with Crippen LogP contribution in [0, 0.1) is 5.41 Å². The molecular formula is C19H26ClFN2O2. The van der Waals surface area contributed by atoms with Crippen LogP contribution in [-0.4, -0.2) is 26.1 Å². The SMILES string of the molecule is CNC(=O)C12CCC(c3ccc(OCC(=CF)CN)cc3)(CC1)C2.Cl. The highest BCUT2D eigenvalue weighted by atomic mass is 35.5. The summed E-state index contributed by atoms with van der Waals surface area (Å²) in [6.07, 6.45) is 5.48. The van der Waals surface area contributed by atoms with E-state index in [2.05, 4.69) is 17.4 Å². The first-order valence-corrected chi connectivity index (χ1v) is 8.51. The van der Waals surface area contributed by atoms with Crippen LogP contribution >= 0.6 is 12.4 Å². The Kier molecular flexibility index (Phi) is 6.12. The third kappa shape index (κ3) is 3.53. The highest BCUT2D eigenvalue weighted by Crippen LogP contribution is 2.62. The van der Waals surface area contributed by atoms with Crippen molar-refractivity contribution in [2.75, 3.05) is 20.2 Å². The van der Waals surface area contributed by atoms with E-state index >= 15 is 0 Å². The van der Waals surface area contributed by atoms with E-state index in [0.29, 0.717) is 17.7 Å². The van der Waals surface area contributed by atoms with Crippen molar-refractivity contribution in [2.24, 2.45) is 11.1 Å². The number of nitrogens with one attached hydrogen (secondary N) is 1. The molecule has 0 aliphatic heterocycles. The molecule has 0 heterocycles. The van der Waals surface area contributed by atoms with Crippen molar-refractivity contribution in [1.82, 2.24) is 5.32 Å². The van der Waals surface area contributed by atoms with Gasteiger partial charge in [0.15, 0.2) is 0 Å². The summed E-state index contributed by atoms with van der Waals surface area (Å²) in [4.78, 5) is 12.3. The van der Waals surface area contributed by atoms with Gasteiger partial charge in [0.25, 0.3) is 0 Å². The van der Waals surface area contributed by atoms with Crippen molar-refractivity contribution in [1.29, 1.82) is 0 Å². The largest absolute Gasteiger partial charge is 0.489 e. The summed E-state index contributed by atoms with van der Waals surface area (Å²) in [6.45, 7) is 0.316. The Balaban J connectivity index is 0.00000225. The van der Waals surface area contributed by atoms with E-state index in [9.17, 15) is 9.18 Å². The molecule has 2 aliphatic carbocycles. The Morgan fingerprint density at radius 3 is 2.44 bits per heavy atom. The van der Waals surface area contributed by atoms with Crippen molar-refractivity contribution in [3.63, 3.8) is 0 Å². The van der Waals surface area contributed by atoms with Crippen molar-refractivity contribution < 1.29 is 13.9 Å². The molecule has 0 atom stereocenters. The number of benzene rings is 1. The molecule has 0 spiro atoms. The zero-order valence-electron chi connectivity index (χ0n) is 14.5. The first-order chi connectivity index (χ1) is 11.6. The molecule has 138 valence electrons. The Hall–Kier alpha value is -1.59. The third-order valence-corrected chi connectivity index (χ3v) is 5.86. The van der Waals surface area contributed by atoms with E-state index in [4.69, 9.17) is 10.5 Å². The van der Waals surface area contributed by atoms with Crippen molar-refractivity contribution in [2.45, 2.75) is 37.5 Å². The lowest BCUT2D eigenvalue weighted by molar-refractivity contribution is -0.130. The van der Waals surface area contributed by atoms with E-state index in [1.165, 1.54) is 5.56 Å². The first kappa shape index (κ1) is 19.7. The molecule has 1 amide bonds. The number of ether oxygens (including phenoxy) is 1. The second-order valence-corrected chi connectivity index (χ2v) is 7.10. The average Bonchev–Trinajstić information content (AvgIpc) is 3.21. The van der Waals surface area contributed by atoms with Gasteiger partial charge in [-0.25, -0.2) is 4.39 Å². The van der Waals surface area contributed by atoms with Gasteiger partial charge in [0.1, 0.15) is 12.4 Å². The van der Waals surface area contributed by atoms with Crippen LogP contribution < -0.4 is 15.8 Å². The van der Waals surface area contributed by atoms with Crippen LogP contribution in [0.5, 0.6) is 5.75 Å². The monoisotopic (exact) mass is 368 g/mol. The molecular weight excluding hydrogens is 343 g/mol. The normalized spacial score (nSPS) is 27.7. The van der Waals surface area contributed by atoms with Gasteiger partial charge in [-0.3, -0.25) is 4.79 Å². The number of halogens is 2. The molecule has 2 aliphatic rings. The van der Waals surface area contributed by atoms with Crippen molar-refractivity contribution >= 4 is 18.3 Å². The van der Waals surface area contributed by atoms with Gasteiger partial charge in [0, 0.05) is 19.2 Å². The summed E-state index contributed by atoms with van der Waals surface area (Å²) in [5.74, 6) is 0.894. The zero-order chi connectivity index (χ0) is 17.2. The number of amides is 1. The topological polar surface area (TPSA) is 64.3 Å². The third-order valence-electron chi connectivity index (χ3n) is 5.86. The number of carbonyl (C=O) groups is 1. The van der Waals surface area contributed by atoms with Gasteiger partial charge >= 0.3 is 0 Å². The molecule has 2 fully saturated rings. The van der Waals surface area contributed by atoms with E-state index in [0.717, 1.165) is 32.1 Å². The van der Waals surface area contributed by atoms with Gasteiger partial charge in [-0.2, -0.15) is 0 Å². The number of hydrogen-bond donors (Lipinski definition) is 2. The van der Waals surface area contributed by atoms with E-state index in [-0.39, 0.29) is 42.3 Å². The van der Waals surface area contributed by atoms with Crippen LogP contribution in [-0.2, 0) is 10.2 Å². The number of rotatable bonds is 6. The summed E-state index contributed by atoms with van der Waals surface area (Å²) < 4.78 is 18.1. The van der Waals surface area contributed by atoms with Gasteiger partial charge in [0.2, 0.25) is 5.91 Å². The quantitative estimate of drug-likeness (QED) is 0.810. The van der Waals surface area contributed by atoms with Gasteiger partial charge in [0.05, 0.1) is 11.7 Å². The van der Waals surface area contributed by atoms with Crippen molar-refractivity contribution in [3.05, 3.63) is 41.7 Å². The van der Waals surface area contributed by atoms with Crippen molar-refractivity contribution in [3.8, 4) is 5.75 Å². The molecule has 0 radical (unpaired) electrons. The van der Waals surface area contributed by atoms with E-state index in [1.54, 1.807) is 7.05 Å². The predicted molar refractivity (Wildman–Crippen MR) is 98.7 cm³/mol. The Bertz CT molecular complexity index is 637. The molecule has 0 aromatic heterocycles. The lowest BCUT2D eigenvalue weighted by Gasteiger charge is -2.27. The van der Waals surface area contributed by atoms with E-state index in [1.807, 2.05) is 12.1 Å².